The zero-order valence-corrected chi connectivity index (χ0v) is 9.75. The second-order valence-corrected chi connectivity index (χ2v) is 3.51. The van der Waals surface area contributed by atoms with Gasteiger partial charge in [-0.1, -0.05) is 0 Å². The van der Waals surface area contributed by atoms with Crippen LogP contribution in [0.4, 0.5) is 10.2 Å². The largest absolute Gasteiger partial charge is 0.383 e. The lowest BCUT2D eigenvalue weighted by atomic mass is 10.3. The van der Waals surface area contributed by atoms with Crippen LogP contribution < -0.4 is 5.73 Å². The molecular formula is C11H13FN4O2. The molecule has 0 radical (unpaired) electrons. The van der Waals surface area contributed by atoms with Crippen LogP contribution in [0.5, 0.6) is 0 Å². The SMILES string of the molecule is CCOC(O)c1cnn(-c2ncccc2F)c1N. The van der Waals surface area contributed by atoms with Gasteiger partial charge in [0, 0.05) is 12.8 Å². The molecule has 2 rings (SSSR count). The first-order valence-electron chi connectivity index (χ1n) is 5.39. The van der Waals surface area contributed by atoms with Crippen molar-refractivity contribution in [2.75, 3.05) is 12.3 Å². The topological polar surface area (TPSA) is 86.2 Å². The third-order valence-electron chi connectivity index (χ3n) is 2.37. The van der Waals surface area contributed by atoms with Gasteiger partial charge in [0.05, 0.1) is 11.8 Å². The van der Waals surface area contributed by atoms with Crippen molar-refractivity contribution in [2.24, 2.45) is 0 Å². The van der Waals surface area contributed by atoms with E-state index >= 15 is 0 Å². The Bertz CT molecular complexity index is 544. The Labute approximate surface area is 103 Å². The summed E-state index contributed by atoms with van der Waals surface area (Å²) in [5.74, 6) is -0.483. The molecule has 6 nitrogen and oxygen atoms in total. The van der Waals surface area contributed by atoms with Crippen molar-refractivity contribution >= 4 is 5.82 Å². The van der Waals surface area contributed by atoms with Crippen LogP contribution in [-0.2, 0) is 4.74 Å². The summed E-state index contributed by atoms with van der Waals surface area (Å²) in [7, 11) is 0. The van der Waals surface area contributed by atoms with Gasteiger partial charge in [-0.05, 0) is 19.1 Å². The molecule has 0 bridgehead atoms. The van der Waals surface area contributed by atoms with E-state index in [1.165, 1.54) is 24.5 Å². The van der Waals surface area contributed by atoms with Gasteiger partial charge < -0.3 is 15.6 Å². The van der Waals surface area contributed by atoms with E-state index in [2.05, 4.69) is 10.1 Å². The first-order valence-corrected chi connectivity index (χ1v) is 5.39. The summed E-state index contributed by atoms with van der Waals surface area (Å²) >= 11 is 0. The fraction of sp³-hybridized carbons (Fsp3) is 0.273. The number of rotatable bonds is 4. The van der Waals surface area contributed by atoms with E-state index in [0.717, 1.165) is 4.68 Å². The fourth-order valence-electron chi connectivity index (χ4n) is 1.51. The van der Waals surface area contributed by atoms with Crippen LogP contribution >= 0.6 is 0 Å². The second kappa shape index (κ2) is 5.11. The lowest BCUT2D eigenvalue weighted by Crippen LogP contribution is -2.09. The molecule has 2 aromatic rings. The number of ether oxygens (including phenoxy) is 1. The Kier molecular flexibility index (Phi) is 3.54. The Morgan fingerprint density at radius 1 is 1.61 bits per heavy atom. The zero-order chi connectivity index (χ0) is 13.1. The van der Waals surface area contributed by atoms with Crippen LogP contribution in [0.3, 0.4) is 0 Å². The second-order valence-electron chi connectivity index (χ2n) is 3.51. The van der Waals surface area contributed by atoms with Gasteiger partial charge in [-0.15, -0.1) is 0 Å². The van der Waals surface area contributed by atoms with Crippen molar-refractivity contribution in [1.29, 1.82) is 0 Å². The summed E-state index contributed by atoms with van der Waals surface area (Å²) in [5, 5.41) is 13.6. The predicted octanol–water partition coefficient (Wildman–Crippen LogP) is 1.02. The van der Waals surface area contributed by atoms with Crippen LogP contribution in [0, 0.1) is 5.82 Å². The maximum Gasteiger partial charge on any atom is 0.191 e. The van der Waals surface area contributed by atoms with Gasteiger partial charge in [0.25, 0.3) is 0 Å². The number of aromatic nitrogens is 3. The third kappa shape index (κ3) is 2.18. The molecule has 0 saturated carbocycles. The summed E-state index contributed by atoms with van der Waals surface area (Å²) in [6.45, 7) is 2.06. The quantitative estimate of drug-likeness (QED) is 0.793. The van der Waals surface area contributed by atoms with E-state index in [1.807, 2.05) is 0 Å². The number of anilines is 1. The molecule has 0 aliphatic heterocycles. The molecule has 0 aliphatic rings. The first kappa shape index (κ1) is 12.5. The van der Waals surface area contributed by atoms with Gasteiger partial charge in [0.15, 0.2) is 17.9 Å². The molecule has 0 saturated heterocycles. The number of halogens is 1. The van der Waals surface area contributed by atoms with Gasteiger partial charge in [0.1, 0.15) is 5.82 Å². The summed E-state index contributed by atoms with van der Waals surface area (Å²) < 4.78 is 19.7. The first-order chi connectivity index (χ1) is 8.65. The van der Waals surface area contributed by atoms with Gasteiger partial charge in [-0.3, -0.25) is 0 Å². The maximum atomic E-state index is 13.5. The minimum Gasteiger partial charge on any atom is -0.383 e. The Hall–Kier alpha value is -1.99. The van der Waals surface area contributed by atoms with Crippen molar-refractivity contribution in [2.45, 2.75) is 13.2 Å². The smallest absolute Gasteiger partial charge is 0.191 e. The lowest BCUT2D eigenvalue weighted by molar-refractivity contribution is -0.0974. The summed E-state index contributed by atoms with van der Waals surface area (Å²) in [6, 6.07) is 2.72. The van der Waals surface area contributed by atoms with Crippen LogP contribution in [0.25, 0.3) is 5.82 Å². The van der Waals surface area contributed by atoms with Gasteiger partial charge >= 0.3 is 0 Å². The number of aliphatic hydroxyl groups is 1. The van der Waals surface area contributed by atoms with Gasteiger partial charge in [-0.2, -0.15) is 9.78 Å². The van der Waals surface area contributed by atoms with Crippen LogP contribution in [-0.4, -0.2) is 26.5 Å². The monoisotopic (exact) mass is 252 g/mol. The summed E-state index contributed by atoms with van der Waals surface area (Å²) in [6.07, 6.45) is 1.57. The number of nitrogens with two attached hydrogens (primary N) is 1. The van der Waals surface area contributed by atoms with E-state index in [9.17, 15) is 9.50 Å². The highest BCUT2D eigenvalue weighted by molar-refractivity contribution is 5.45. The Morgan fingerprint density at radius 3 is 3.06 bits per heavy atom. The van der Waals surface area contributed by atoms with Crippen molar-refractivity contribution in [1.82, 2.24) is 14.8 Å². The Balaban J connectivity index is 2.40. The minimum absolute atomic E-state index is 0.0232. The van der Waals surface area contributed by atoms with E-state index < -0.39 is 12.1 Å². The maximum absolute atomic E-state index is 13.5. The molecule has 2 aromatic heterocycles. The predicted molar refractivity (Wildman–Crippen MR) is 62.3 cm³/mol. The number of nitrogens with zero attached hydrogens (tertiary/aromatic N) is 3. The van der Waals surface area contributed by atoms with Crippen LogP contribution in [0.1, 0.15) is 18.8 Å². The van der Waals surface area contributed by atoms with Gasteiger partial charge in [-0.25, -0.2) is 9.37 Å². The number of pyridine rings is 1. The number of hydrogen-bond acceptors (Lipinski definition) is 5. The number of hydrogen-bond donors (Lipinski definition) is 2. The zero-order valence-electron chi connectivity index (χ0n) is 9.75. The van der Waals surface area contributed by atoms with Crippen LogP contribution in [0.2, 0.25) is 0 Å². The van der Waals surface area contributed by atoms with Crippen molar-refractivity contribution in [3.63, 3.8) is 0 Å². The molecule has 0 fully saturated rings. The van der Waals surface area contributed by atoms with E-state index in [0.29, 0.717) is 6.61 Å². The molecule has 96 valence electrons. The summed E-state index contributed by atoms with van der Waals surface area (Å²) in [5.41, 5.74) is 6.07. The van der Waals surface area contributed by atoms with Crippen molar-refractivity contribution in [3.8, 4) is 5.82 Å². The molecule has 1 atom stereocenters. The van der Waals surface area contributed by atoms with E-state index in [1.54, 1.807) is 6.92 Å². The molecule has 0 aromatic carbocycles. The molecule has 2 heterocycles. The molecule has 3 N–H and O–H groups in total. The molecular weight excluding hydrogens is 239 g/mol. The molecule has 0 spiro atoms. The Morgan fingerprint density at radius 2 is 2.39 bits per heavy atom. The number of aliphatic hydroxyl groups excluding tert-OH is 1. The number of nitrogen functional groups attached to an aromatic ring is 1. The minimum atomic E-state index is -1.18. The molecule has 18 heavy (non-hydrogen) atoms. The molecule has 0 aliphatic carbocycles. The third-order valence-corrected chi connectivity index (χ3v) is 2.37. The molecule has 7 heteroatoms. The highest BCUT2D eigenvalue weighted by Crippen LogP contribution is 2.23. The molecule has 0 amide bonds. The van der Waals surface area contributed by atoms with Crippen molar-refractivity contribution in [3.05, 3.63) is 35.9 Å². The van der Waals surface area contributed by atoms with Crippen LogP contribution in [0.15, 0.2) is 24.5 Å². The van der Waals surface area contributed by atoms with E-state index in [4.69, 9.17) is 10.5 Å². The molecule has 1 unspecified atom stereocenters. The lowest BCUT2D eigenvalue weighted by Gasteiger charge is -2.10. The van der Waals surface area contributed by atoms with E-state index in [-0.39, 0.29) is 17.2 Å². The average molecular weight is 252 g/mol. The highest BCUT2D eigenvalue weighted by atomic mass is 19.1. The standard InChI is InChI=1S/C11H13FN4O2/c1-2-18-11(17)7-6-15-16(9(7)13)10-8(12)4-3-5-14-10/h3-6,11,17H,2,13H2,1H3. The fourth-order valence-corrected chi connectivity index (χ4v) is 1.51. The van der Waals surface area contributed by atoms with Crippen molar-refractivity contribution < 1.29 is 14.2 Å². The average Bonchev–Trinajstić information content (AvgIpc) is 2.72. The normalized spacial score (nSPS) is 12.6. The highest BCUT2D eigenvalue weighted by Gasteiger charge is 2.18. The van der Waals surface area contributed by atoms with Gasteiger partial charge in [0.2, 0.25) is 0 Å². The summed E-state index contributed by atoms with van der Waals surface area (Å²) in [4.78, 5) is 3.85.